The Bertz CT molecular complexity index is 1130. The Kier molecular flexibility index (Phi) is 15.8. The van der Waals surface area contributed by atoms with Crippen molar-refractivity contribution in [1.82, 2.24) is 10.2 Å². The number of hydrogen-bond donors (Lipinski definition) is 2. The zero-order chi connectivity index (χ0) is 27.6. The van der Waals surface area contributed by atoms with Gasteiger partial charge in [0.25, 0.3) is 5.91 Å². The zero-order valence-corrected chi connectivity index (χ0v) is 23.4. The first kappa shape index (κ1) is 32.0. The number of carbonyl (C=O) groups is 3. The average Bonchev–Trinajstić information content (AvgIpc) is 2.90. The number of aliphatic carboxylic acids is 1. The van der Waals surface area contributed by atoms with Crippen molar-refractivity contribution in [3.63, 3.8) is 0 Å². The summed E-state index contributed by atoms with van der Waals surface area (Å²) >= 11 is 13.8. The Labute approximate surface area is 233 Å². The predicted octanol–water partition coefficient (Wildman–Crippen LogP) is 6.51. The van der Waals surface area contributed by atoms with Crippen LogP contribution in [-0.4, -0.2) is 54.7 Å². The van der Waals surface area contributed by atoms with Crippen LogP contribution in [0, 0.1) is 0 Å². The molecule has 0 aromatic heterocycles. The van der Waals surface area contributed by atoms with Crippen LogP contribution in [0.2, 0.25) is 10.0 Å². The van der Waals surface area contributed by atoms with Crippen molar-refractivity contribution in [2.45, 2.75) is 19.1 Å². The van der Waals surface area contributed by atoms with Gasteiger partial charge in [0.05, 0.1) is 10.0 Å². The molecule has 2 N–H and O–H groups in total. The summed E-state index contributed by atoms with van der Waals surface area (Å²) in [5.41, 5.74) is 3.97. The van der Waals surface area contributed by atoms with Gasteiger partial charge in [-0.15, -0.1) is 0 Å². The molecule has 0 radical (unpaired) electrons. The van der Waals surface area contributed by atoms with Gasteiger partial charge in [-0.25, -0.2) is 0 Å². The van der Waals surface area contributed by atoms with Crippen molar-refractivity contribution in [1.29, 1.82) is 0 Å². The molecule has 6 nitrogen and oxygen atoms in total. The normalized spacial score (nSPS) is 9.65. The molecule has 0 aliphatic heterocycles. The maximum absolute atomic E-state index is 12.3. The average molecular weight is 564 g/mol. The molecule has 0 spiro atoms. The van der Waals surface area contributed by atoms with Crippen molar-refractivity contribution >= 4 is 53.3 Å². The van der Waals surface area contributed by atoms with E-state index in [9.17, 15) is 14.4 Å². The fraction of sp³-hybridized carbons (Fsp3) is 0.250. The predicted molar refractivity (Wildman–Crippen MR) is 155 cm³/mol. The van der Waals surface area contributed by atoms with Gasteiger partial charge in [0.15, 0.2) is 0 Å². The molecule has 0 aliphatic rings. The van der Waals surface area contributed by atoms with Gasteiger partial charge < -0.3 is 15.3 Å². The van der Waals surface area contributed by atoms with Crippen LogP contribution in [0.25, 0.3) is 11.1 Å². The summed E-state index contributed by atoms with van der Waals surface area (Å²) in [6.45, 7) is 2.50. The minimum atomic E-state index is -1.04. The number of nitrogens with zero attached hydrogens (tertiary/aromatic N) is 1. The van der Waals surface area contributed by atoms with Crippen LogP contribution in [0.4, 0.5) is 0 Å². The molecule has 3 aromatic carbocycles. The Balaban J connectivity index is 0.000000351. The topological polar surface area (TPSA) is 86.7 Å². The number of carboxylic acids is 1. The second-order valence-corrected chi connectivity index (χ2v) is 9.43. The highest BCUT2D eigenvalue weighted by molar-refractivity contribution is 7.97. The van der Waals surface area contributed by atoms with Gasteiger partial charge in [-0.2, -0.15) is 11.8 Å². The van der Waals surface area contributed by atoms with Crippen LogP contribution >= 0.6 is 35.0 Å². The number of hydrogen-bond acceptors (Lipinski definition) is 4. The van der Waals surface area contributed by atoms with Crippen molar-refractivity contribution < 1.29 is 19.5 Å². The first-order chi connectivity index (χ1) is 17.7. The highest BCUT2D eigenvalue weighted by atomic mass is 35.5. The van der Waals surface area contributed by atoms with E-state index in [1.54, 1.807) is 11.0 Å². The molecule has 9 heteroatoms. The third kappa shape index (κ3) is 12.7. The van der Waals surface area contributed by atoms with E-state index in [0.29, 0.717) is 22.0 Å². The quantitative estimate of drug-likeness (QED) is 0.290. The fourth-order valence-electron chi connectivity index (χ4n) is 3.03. The monoisotopic (exact) mass is 562 g/mol. The summed E-state index contributed by atoms with van der Waals surface area (Å²) in [7, 11) is 1.82. The van der Waals surface area contributed by atoms with Gasteiger partial charge >= 0.3 is 5.97 Å². The van der Waals surface area contributed by atoms with Gasteiger partial charge in [0.2, 0.25) is 6.41 Å². The number of halogens is 2. The van der Waals surface area contributed by atoms with E-state index in [2.05, 4.69) is 37.4 Å². The SMILES string of the molecule is CCCN(C)C(=O)c1cccc(-c2ccc(Cl)c(Cl)c2)c1.CSCc1ccccc1.O=CNCC(=O)O. The molecule has 37 heavy (non-hydrogen) atoms. The van der Waals surface area contributed by atoms with Gasteiger partial charge in [-0.1, -0.05) is 78.7 Å². The van der Waals surface area contributed by atoms with E-state index in [-0.39, 0.29) is 12.5 Å². The molecule has 0 saturated heterocycles. The standard InChI is InChI=1S/C17H17Cl2NO.C8H10S.C3H5NO3/c1-3-9-20(2)17(21)14-6-4-5-12(10-14)13-7-8-15(18)16(19)11-13;1-9-7-8-5-3-2-4-6-8;5-2-4-1-3(6)7/h4-8,10-11H,3,9H2,1-2H3;2-6H,7H2,1H3;2H,1H2,(H,4,5)(H,6,7). The molecule has 0 bridgehead atoms. The first-order valence-corrected chi connectivity index (χ1v) is 13.6. The van der Waals surface area contributed by atoms with Crippen LogP contribution in [0.15, 0.2) is 72.8 Å². The molecule has 0 heterocycles. The number of rotatable bonds is 9. The number of carbonyl (C=O) groups excluding carboxylic acids is 2. The van der Waals surface area contributed by atoms with E-state index in [1.807, 2.05) is 66.6 Å². The van der Waals surface area contributed by atoms with Crippen molar-refractivity contribution in [3.8, 4) is 11.1 Å². The first-order valence-electron chi connectivity index (χ1n) is 11.5. The lowest BCUT2D eigenvalue weighted by Crippen LogP contribution is -2.27. The van der Waals surface area contributed by atoms with E-state index < -0.39 is 5.97 Å². The molecule has 0 unspecified atom stereocenters. The Morgan fingerprint density at radius 3 is 2.19 bits per heavy atom. The second-order valence-electron chi connectivity index (χ2n) is 7.75. The summed E-state index contributed by atoms with van der Waals surface area (Å²) in [4.78, 5) is 32.9. The number of thioether (sulfide) groups is 1. The fourth-order valence-corrected chi connectivity index (χ4v) is 3.86. The summed E-state index contributed by atoms with van der Waals surface area (Å²) in [6, 6.07) is 23.5. The molecule has 0 fully saturated rings. The zero-order valence-electron chi connectivity index (χ0n) is 21.1. The Morgan fingerprint density at radius 2 is 1.65 bits per heavy atom. The largest absolute Gasteiger partial charge is 0.480 e. The van der Waals surface area contributed by atoms with E-state index in [0.717, 1.165) is 29.8 Å². The smallest absolute Gasteiger partial charge is 0.322 e. The minimum Gasteiger partial charge on any atom is -0.480 e. The number of carboxylic acid groups (broad SMARTS) is 1. The van der Waals surface area contributed by atoms with Gasteiger partial charge in [0.1, 0.15) is 6.54 Å². The summed E-state index contributed by atoms with van der Waals surface area (Å²) in [6.07, 6.45) is 3.40. The van der Waals surface area contributed by atoms with E-state index in [1.165, 1.54) is 5.56 Å². The van der Waals surface area contributed by atoms with Crippen LogP contribution < -0.4 is 5.32 Å². The molecule has 3 aromatic rings. The molecule has 198 valence electrons. The second kappa shape index (κ2) is 18.3. The molecule has 0 saturated carbocycles. The Hall–Kier alpha value is -3.00. The summed E-state index contributed by atoms with van der Waals surface area (Å²) in [5, 5.41) is 10.8. The van der Waals surface area contributed by atoms with Crippen LogP contribution in [0.3, 0.4) is 0 Å². The molecule has 2 amide bonds. The maximum Gasteiger partial charge on any atom is 0.322 e. The molecule has 0 aliphatic carbocycles. The Morgan fingerprint density at radius 1 is 0.973 bits per heavy atom. The third-order valence-electron chi connectivity index (χ3n) is 4.76. The van der Waals surface area contributed by atoms with Crippen LogP contribution in [-0.2, 0) is 15.3 Å². The number of benzene rings is 3. The minimum absolute atomic E-state index is 0.0266. The van der Waals surface area contributed by atoms with Crippen molar-refractivity contribution in [2.24, 2.45) is 0 Å². The lowest BCUT2D eigenvalue weighted by molar-refractivity contribution is -0.136. The van der Waals surface area contributed by atoms with Crippen molar-refractivity contribution in [2.75, 3.05) is 26.4 Å². The lowest BCUT2D eigenvalue weighted by Gasteiger charge is -2.16. The lowest BCUT2D eigenvalue weighted by atomic mass is 10.0. The molecular formula is C28H32Cl2N2O4S. The number of nitrogens with one attached hydrogen (secondary N) is 1. The summed E-state index contributed by atoms with van der Waals surface area (Å²) in [5.74, 6) is 0.117. The van der Waals surface area contributed by atoms with Gasteiger partial charge in [0, 0.05) is 24.9 Å². The highest BCUT2D eigenvalue weighted by Crippen LogP contribution is 2.29. The third-order valence-corrected chi connectivity index (χ3v) is 6.12. The van der Waals surface area contributed by atoms with Gasteiger partial charge in [-0.05, 0) is 53.6 Å². The van der Waals surface area contributed by atoms with Gasteiger partial charge in [-0.3, -0.25) is 14.4 Å². The van der Waals surface area contributed by atoms with Crippen molar-refractivity contribution in [3.05, 3.63) is 94.0 Å². The molecule has 3 rings (SSSR count). The van der Waals surface area contributed by atoms with Crippen LogP contribution in [0.1, 0.15) is 29.3 Å². The van der Waals surface area contributed by atoms with Crippen LogP contribution in [0.5, 0.6) is 0 Å². The highest BCUT2D eigenvalue weighted by Gasteiger charge is 2.12. The van der Waals surface area contributed by atoms with E-state index >= 15 is 0 Å². The maximum atomic E-state index is 12.3. The number of amides is 2. The van der Waals surface area contributed by atoms with E-state index in [4.69, 9.17) is 28.3 Å². The summed E-state index contributed by atoms with van der Waals surface area (Å²) < 4.78 is 0. The molecular weight excluding hydrogens is 531 g/mol. The molecule has 0 atom stereocenters.